The minimum Gasteiger partial charge on any atom is -0.316 e. The highest BCUT2D eigenvalue weighted by molar-refractivity contribution is 8.00. The number of aromatic nitrogens is 3. The van der Waals surface area contributed by atoms with Crippen molar-refractivity contribution < 1.29 is 4.79 Å². The third-order valence-corrected chi connectivity index (χ3v) is 6.22. The van der Waals surface area contributed by atoms with E-state index < -0.39 is 5.25 Å². The largest absolute Gasteiger partial charge is 0.316 e. The van der Waals surface area contributed by atoms with Gasteiger partial charge in [-0.05, 0) is 18.4 Å². The quantitative estimate of drug-likeness (QED) is 0.409. The van der Waals surface area contributed by atoms with Crippen LogP contribution in [0.3, 0.4) is 0 Å². The molecule has 1 amide bonds. The molecule has 2 aromatic carbocycles. The molecule has 0 unspecified atom stereocenters. The van der Waals surface area contributed by atoms with E-state index in [0.717, 1.165) is 11.1 Å². The van der Waals surface area contributed by atoms with Crippen molar-refractivity contribution in [2.24, 2.45) is 0 Å². The summed E-state index contributed by atoms with van der Waals surface area (Å²) >= 11 is 2.54. The number of carbonyl (C=O) groups is 1. The zero-order valence-electron chi connectivity index (χ0n) is 16.5. The molecule has 0 aliphatic heterocycles. The summed E-state index contributed by atoms with van der Waals surface area (Å²) in [5, 5.41) is 22.9. The average molecular weight is 444 g/mol. The molecular formula is C23H17N5OS2. The van der Waals surface area contributed by atoms with Crippen LogP contribution in [0.25, 0.3) is 22.5 Å². The second-order valence-electron chi connectivity index (χ2n) is 6.55. The smallest absolute Gasteiger partial charge is 0.238 e. The van der Waals surface area contributed by atoms with E-state index in [9.17, 15) is 4.79 Å². The standard InChI is InChI=1S/C23H17N5OS2/c1-15(21(29)26-22-18(14-24)12-13-30-22)31-23-25-19(16-8-4-2-5-9-16)20(27-28-23)17-10-6-3-7-11-17/h2-13,15H,1H3,(H,26,29)/t15-/m1/s1. The summed E-state index contributed by atoms with van der Waals surface area (Å²) in [6.07, 6.45) is 0. The van der Waals surface area contributed by atoms with Crippen molar-refractivity contribution in [2.75, 3.05) is 5.32 Å². The lowest BCUT2D eigenvalue weighted by atomic mass is 10.0. The summed E-state index contributed by atoms with van der Waals surface area (Å²) < 4.78 is 0. The molecule has 0 aliphatic rings. The maximum atomic E-state index is 12.6. The van der Waals surface area contributed by atoms with E-state index in [2.05, 4.69) is 21.6 Å². The van der Waals surface area contributed by atoms with E-state index in [1.54, 1.807) is 18.4 Å². The molecule has 0 aliphatic carbocycles. The molecular weight excluding hydrogens is 426 g/mol. The molecule has 2 aromatic heterocycles. The lowest BCUT2D eigenvalue weighted by molar-refractivity contribution is -0.115. The minimum atomic E-state index is -0.471. The number of hydrogen-bond acceptors (Lipinski definition) is 7. The summed E-state index contributed by atoms with van der Waals surface area (Å²) in [4.78, 5) is 17.3. The molecule has 0 saturated heterocycles. The summed E-state index contributed by atoms with van der Waals surface area (Å²) in [7, 11) is 0. The molecule has 0 radical (unpaired) electrons. The summed E-state index contributed by atoms with van der Waals surface area (Å²) in [5.74, 6) is -0.221. The molecule has 2 heterocycles. The van der Waals surface area contributed by atoms with Crippen LogP contribution < -0.4 is 5.32 Å². The predicted molar refractivity (Wildman–Crippen MR) is 124 cm³/mol. The van der Waals surface area contributed by atoms with E-state index in [0.29, 0.717) is 27.1 Å². The van der Waals surface area contributed by atoms with Gasteiger partial charge in [-0.25, -0.2) is 4.98 Å². The monoisotopic (exact) mass is 443 g/mol. The second kappa shape index (κ2) is 9.51. The summed E-state index contributed by atoms with van der Waals surface area (Å²) in [6, 6.07) is 23.3. The number of benzene rings is 2. The number of amides is 1. The number of anilines is 1. The molecule has 1 atom stereocenters. The topological polar surface area (TPSA) is 91.6 Å². The van der Waals surface area contributed by atoms with E-state index in [1.165, 1.54) is 23.1 Å². The Morgan fingerprint density at radius 2 is 1.65 bits per heavy atom. The van der Waals surface area contributed by atoms with Crippen molar-refractivity contribution in [3.05, 3.63) is 77.7 Å². The Morgan fingerprint density at radius 3 is 2.29 bits per heavy atom. The first kappa shape index (κ1) is 20.7. The van der Waals surface area contributed by atoms with Crippen LogP contribution in [0, 0.1) is 11.3 Å². The van der Waals surface area contributed by atoms with E-state index in [-0.39, 0.29) is 5.91 Å². The first-order valence-electron chi connectivity index (χ1n) is 9.46. The van der Waals surface area contributed by atoms with Gasteiger partial charge in [0, 0.05) is 11.1 Å². The van der Waals surface area contributed by atoms with Gasteiger partial charge in [-0.1, -0.05) is 72.4 Å². The third-order valence-electron chi connectivity index (χ3n) is 4.44. The first-order valence-corrected chi connectivity index (χ1v) is 11.2. The van der Waals surface area contributed by atoms with Crippen molar-refractivity contribution in [2.45, 2.75) is 17.3 Å². The van der Waals surface area contributed by atoms with Gasteiger partial charge >= 0.3 is 0 Å². The number of nitrogens with one attached hydrogen (secondary N) is 1. The number of thioether (sulfide) groups is 1. The maximum Gasteiger partial charge on any atom is 0.238 e. The first-order chi connectivity index (χ1) is 15.2. The highest BCUT2D eigenvalue weighted by Gasteiger charge is 2.20. The fourth-order valence-corrected chi connectivity index (χ4v) is 4.32. The number of rotatable bonds is 6. The number of carbonyl (C=O) groups excluding carboxylic acids is 1. The summed E-state index contributed by atoms with van der Waals surface area (Å²) in [5.41, 5.74) is 3.69. The fourth-order valence-electron chi connectivity index (χ4n) is 2.87. The van der Waals surface area contributed by atoms with Gasteiger partial charge in [0.2, 0.25) is 11.1 Å². The number of thiophene rings is 1. The fraction of sp³-hybridized carbons (Fsp3) is 0.0870. The molecule has 4 aromatic rings. The third kappa shape index (κ3) is 4.79. The second-order valence-corrected chi connectivity index (χ2v) is 8.77. The lowest BCUT2D eigenvalue weighted by Crippen LogP contribution is -2.22. The molecule has 31 heavy (non-hydrogen) atoms. The number of nitrogens with zero attached hydrogens (tertiary/aromatic N) is 4. The lowest BCUT2D eigenvalue weighted by Gasteiger charge is -2.12. The molecule has 1 N–H and O–H groups in total. The predicted octanol–water partition coefficient (Wildman–Crippen LogP) is 5.26. The molecule has 0 bridgehead atoms. The molecule has 152 valence electrons. The highest BCUT2D eigenvalue weighted by atomic mass is 32.2. The molecule has 8 heteroatoms. The van der Waals surface area contributed by atoms with Crippen molar-refractivity contribution in [3.8, 4) is 28.6 Å². The van der Waals surface area contributed by atoms with E-state index >= 15 is 0 Å². The Labute approximate surface area is 188 Å². The summed E-state index contributed by atoms with van der Waals surface area (Å²) in [6.45, 7) is 1.77. The Hall–Kier alpha value is -3.54. The van der Waals surface area contributed by atoms with Crippen molar-refractivity contribution in [1.82, 2.24) is 15.2 Å². The van der Waals surface area contributed by atoms with Gasteiger partial charge in [-0.15, -0.1) is 21.5 Å². The van der Waals surface area contributed by atoms with Crippen LogP contribution in [0.5, 0.6) is 0 Å². The van der Waals surface area contributed by atoms with Gasteiger partial charge in [0.05, 0.1) is 10.8 Å². The van der Waals surface area contributed by atoms with Crippen LogP contribution in [0.4, 0.5) is 5.00 Å². The zero-order valence-corrected chi connectivity index (χ0v) is 18.2. The van der Waals surface area contributed by atoms with Crippen molar-refractivity contribution in [1.29, 1.82) is 5.26 Å². The van der Waals surface area contributed by atoms with E-state index in [4.69, 9.17) is 10.2 Å². The van der Waals surface area contributed by atoms with Crippen LogP contribution in [-0.2, 0) is 4.79 Å². The Morgan fingerprint density at radius 1 is 1.00 bits per heavy atom. The van der Waals surface area contributed by atoms with Crippen molar-refractivity contribution in [3.63, 3.8) is 0 Å². The van der Waals surface area contributed by atoms with E-state index in [1.807, 2.05) is 60.7 Å². The molecule has 6 nitrogen and oxygen atoms in total. The van der Waals surface area contributed by atoms with Gasteiger partial charge in [0.1, 0.15) is 22.5 Å². The maximum absolute atomic E-state index is 12.6. The van der Waals surface area contributed by atoms with Crippen LogP contribution in [0.15, 0.2) is 77.3 Å². The van der Waals surface area contributed by atoms with Crippen LogP contribution >= 0.6 is 23.1 Å². The minimum absolute atomic E-state index is 0.221. The molecule has 4 rings (SSSR count). The number of nitriles is 1. The van der Waals surface area contributed by atoms with Gasteiger partial charge in [-0.3, -0.25) is 4.79 Å². The Kier molecular flexibility index (Phi) is 6.36. The number of hydrogen-bond donors (Lipinski definition) is 1. The van der Waals surface area contributed by atoms with Gasteiger partial charge in [-0.2, -0.15) is 5.26 Å². The molecule has 0 spiro atoms. The SMILES string of the molecule is C[C@@H](Sc1nnc(-c2ccccc2)c(-c2ccccc2)n1)C(=O)Nc1sccc1C#N. The zero-order chi connectivity index (χ0) is 21.6. The van der Waals surface area contributed by atoms with Crippen LogP contribution in [-0.4, -0.2) is 26.3 Å². The van der Waals surface area contributed by atoms with Crippen LogP contribution in [0.1, 0.15) is 12.5 Å². The van der Waals surface area contributed by atoms with Gasteiger partial charge in [0.15, 0.2) is 0 Å². The average Bonchev–Trinajstić information content (AvgIpc) is 3.27. The van der Waals surface area contributed by atoms with Crippen molar-refractivity contribution >= 4 is 34.0 Å². The van der Waals surface area contributed by atoms with Crippen LogP contribution in [0.2, 0.25) is 0 Å². The van der Waals surface area contributed by atoms with Gasteiger partial charge in [0.25, 0.3) is 0 Å². The highest BCUT2D eigenvalue weighted by Crippen LogP contribution is 2.31. The molecule has 0 saturated carbocycles. The molecule has 0 fully saturated rings. The Bertz CT molecular complexity index is 1240. The van der Waals surface area contributed by atoms with Gasteiger partial charge < -0.3 is 5.32 Å². The Balaban J connectivity index is 1.60. The normalized spacial score (nSPS) is 11.5.